The number of esters is 1. The van der Waals surface area contributed by atoms with E-state index in [1.54, 1.807) is 6.92 Å². The van der Waals surface area contributed by atoms with Gasteiger partial charge in [0.15, 0.2) is 0 Å². The molecule has 91 valence electrons. The number of hydrogen-bond donors (Lipinski definition) is 0. The second kappa shape index (κ2) is 4.55. The minimum absolute atomic E-state index is 0.119. The minimum Gasteiger partial charge on any atom is -0.459 e. The van der Waals surface area contributed by atoms with Crippen LogP contribution in [0.25, 0.3) is 0 Å². The van der Waals surface area contributed by atoms with Gasteiger partial charge in [-0.15, -0.1) is 10.3 Å². The number of hydroxylamine groups is 2. The summed E-state index contributed by atoms with van der Waals surface area (Å²) in [6.45, 7) is 10.8. The third kappa shape index (κ3) is 2.83. The van der Waals surface area contributed by atoms with Crippen LogP contribution in [0.4, 0.5) is 0 Å². The van der Waals surface area contributed by atoms with Gasteiger partial charge in [0.1, 0.15) is 6.10 Å². The SMILES string of the molecule is C=C(C)C(=O)OC1CC(C)N([O])C(C)(C)C1. The topological polar surface area (TPSA) is 49.4 Å². The van der Waals surface area contributed by atoms with E-state index in [1.807, 2.05) is 20.8 Å². The molecule has 1 fully saturated rings. The van der Waals surface area contributed by atoms with Crippen LogP contribution in [0.5, 0.6) is 0 Å². The Bertz CT molecular complexity index is 299. The number of piperidine rings is 1. The first-order valence-corrected chi connectivity index (χ1v) is 5.57. The predicted octanol–water partition coefficient (Wildman–Crippen LogP) is 2.08. The van der Waals surface area contributed by atoms with Crippen LogP contribution in [0.1, 0.15) is 40.5 Å². The Labute approximate surface area is 96.8 Å². The van der Waals surface area contributed by atoms with Crippen LogP contribution in [0.3, 0.4) is 0 Å². The normalized spacial score (nSPS) is 29.8. The zero-order valence-corrected chi connectivity index (χ0v) is 10.4. The van der Waals surface area contributed by atoms with Crippen molar-refractivity contribution in [1.82, 2.24) is 5.06 Å². The fourth-order valence-corrected chi connectivity index (χ4v) is 2.15. The summed E-state index contributed by atoms with van der Waals surface area (Å²) in [5.74, 6) is -0.368. The van der Waals surface area contributed by atoms with Gasteiger partial charge in [-0.2, -0.15) is 0 Å². The van der Waals surface area contributed by atoms with Gasteiger partial charge in [0.2, 0.25) is 0 Å². The minimum atomic E-state index is -0.475. The van der Waals surface area contributed by atoms with Crippen LogP contribution in [0.2, 0.25) is 0 Å². The molecule has 16 heavy (non-hydrogen) atoms. The summed E-state index contributed by atoms with van der Waals surface area (Å²) in [6.07, 6.45) is 0.977. The van der Waals surface area contributed by atoms with Crippen molar-refractivity contribution < 1.29 is 14.7 Å². The molecule has 1 aliphatic heterocycles. The third-order valence-electron chi connectivity index (χ3n) is 2.95. The number of nitrogens with zero attached hydrogens (tertiary/aromatic N) is 1. The average Bonchev–Trinajstić information content (AvgIpc) is 2.13. The molecule has 2 atom stereocenters. The van der Waals surface area contributed by atoms with Crippen molar-refractivity contribution in [2.75, 3.05) is 0 Å². The molecule has 0 N–H and O–H groups in total. The molecule has 0 amide bonds. The van der Waals surface area contributed by atoms with Crippen molar-refractivity contribution >= 4 is 5.97 Å². The zero-order valence-electron chi connectivity index (χ0n) is 10.4. The van der Waals surface area contributed by atoms with Gasteiger partial charge < -0.3 is 4.74 Å². The Balaban J connectivity index is 2.65. The van der Waals surface area contributed by atoms with E-state index in [0.717, 1.165) is 5.06 Å². The van der Waals surface area contributed by atoms with E-state index in [4.69, 9.17) is 4.74 Å². The highest BCUT2D eigenvalue weighted by Crippen LogP contribution is 2.32. The van der Waals surface area contributed by atoms with Crippen LogP contribution in [0.15, 0.2) is 12.2 Å². The highest BCUT2D eigenvalue weighted by atomic mass is 16.5. The highest BCUT2D eigenvalue weighted by molar-refractivity contribution is 5.87. The number of ether oxygens (including phenoxy) is 1. The van der Waals surface area contributed by atoms with Gasteiger partial charge in [-0.3, -0.25) is 0 Å². The molecular formula is C12H20NO3. The lowest BCUT2D eigenvalue weighted by molar-refractivity contribution is -0.268. The van der Waals surface area contributed by atoms with Gasteiger partial charge in [-0.25, -0.2) is 4.79 Å². The van der Waals surface area contributed by atoms with Crippen molar-refractivity contribution in [3.05, 3.63) is 12.2 Å². The molecule has 1 aliphatic rings. The first-order chi connectivity index (χ1) is 7.24. The standard InChI is InChI=1S/C12H20NO3/c1-8(2)11(14)16-10-6-9(3)13(15)12(4,5)7-10/h9-10H,1,6-7H2,2-5H3. The van der Waals surface area contributed by atoms with Crippen molar-refractivity contribution in [2.24, 2.45) is 0 Å². The summed E-state index contributed by atoms with van der Waals surface area (Å²) < 4.78 is 5.30. The zero-order chi connectivity index (χ0) is 12.5. The first kappa shape index (κ1) is 13.2. The Hall–Kier alpha value is -0.870. The Morgan fingerprint density at radius 2 is 2.06 bits per heavy atom. The van der Waals surface area contributed by atoms with Crippen LogP contribution >= 0.6 is 0 Å². The fourth-order valence-electron chi connectivity index (χ4n) is 2.15. The lowest BCUT2D eigenvalue weighted by Crippen LogP contribution is -2.54. The molecule has 4 heteroatoms. The molecule has 1 heterocycles. The summed E-state index contributed by atoms with van der Waals surface area (Å²) >= 11 is 0. The summed E-state index contributed by atoms with van der Waals surface area (Å²) in [5.41, 5.74) is -0.0764. The van der Waals surface area contributed by atoms with E-state index < -0.39 is 5.54 Å². The maximum absolute atomic E-state index is 11.8. The molecule has 1 saturated heterocycles. The van der Waals surface area contributed by atoms with Gasteiger partial charge in [0.05, 0.1) is 0 Å². The van der Waals surface area contributed by atoms with E-state index in [2.05, 4.69) is 6.58 Å². The fraction of sp³-hybridized carbons (Fsp3) is 0.750. The summed E-state index contributed by atoms with van der Waals surface area (Å²) in [4.78, 5) is 11.4. The van der Waals surface area contributed by atoms with E-state index in [1.165, 1.54) is 0 Å². The maximum Gasteiger partial charge on any atom is 0.333 e. The monoisotopic (exact) mass is 226 g/mol. The summed E-state index contributed by atoms with van der Waals surface area (Å²) in [6, 6.07) is -0.119. The molecule has 1 radical (unpaired) electrons. The molecule has 1 rings (SSSR count). The number of carbonyl (C=O) groups is 1. The van der Waals surface area contributed by atoms with Crippen molar-refractivity contribution in [1.29, 1.82) is 0 Å². The van der Waals surface area contributed by atoms with Gasteiger partial charge in [-0.05, 0) is 27.7 Å². The lowest BCUT2D eigenvalue weighted by Gasteiger charge is -2.43. The molecule has 0 saturated carbocycles. The van der Waals surface area contributed by atoms with E-state index >= 15 is 0 Å². The molecule has 0 aromatic heterocycles. The smallest absolute Gasteiger partial charge is 0.333 e. The molecular weight excluding hydrogens is 206 g/mol. The van der Waals surface area contributed by atoms with Crippen LogP contribution in [-0.2, 0) is 14.7 Å². The van der Waals surface area contributed by atoms with E-state index in [0.29, 0.717) is 18.4 Å². The van der Waals surface area contributed by atoms with Gasteiger partial charge in [0.25, 0.3) is 0 Å². The number of hydrogen-bond acceptors (Lipinski definition) is 3. The molecule has 0 aromatic carbocycles. The van der Waals surface area contributed by atoms with Crippen molar-refractivity contribution in [2.45, 2.75) is 58.2 Å². The van der Waals surface area contributed by atoms with E-state index in [-0.39, 0.29) is 18.1 Å². The quantitative estimate of drug-likeness (QED) is 0.535. The molecule has 0 aromatic rings. The molecule has 0 aliphatic carbocycles. The largest absolute Gasteiger partial charge is 0.459 e. The highest BCUT2D eigenvalue weighted by Gasteiger charge is 2.41. The maximum atomic E-state index is 11.8. The van der Waals surface area contributed by atoms with Crippen molar-refractivity contribution in [3.8, 4) is 0 Å². The van der Waals surface area contributed by atoms with Crippen LogP contribution in [-0.4, -0.2) is 28.7 Å². The summed E-state index contributed by atoms with van der Waals surface area (Å²) in [7, 11) is 0. The molecule has 0 spiro atoms. The van der Waals surface area contributed by atoms with Gasteiger partial charge in [0, 0.05) is 30.0 Å². The van der Waals surface area contributed by atoms with Crippen LogP contribution in [0, 0.1) is 0 Å². The Morgan fingerprint density at radius 3 is 2.50 bits per heavy atom. The number of carbonyl (C=O) groups excluding carboxylic acids is 1. The van der Waals surface area contributed by atoms with Gasteiger partial charge >= 0.3 is 5.97 Å². The lowest BCUT2D eigenvalue weighted by atomic mass is 9.87. The molecule has 0 bridgehead atoms. The van der Waals surface area contributed by atoms with E-state index in [9.17, 15) is 10.0 Å². The summed E-state index contributed by atoms with van der Waals surface area (Å²) in [5, 5.41) is 12.9. The van der Waals surface area contributed by atoms with Gasteiger partial charge in [-0.1, -0.05) is 6.58 Å². The van der Waals surface area contributed by atoms with Crippen LogP contribution < -0.4 is 0 Å². The Morgan fingerprint density at radius 1 is 1.50 bits per heavy atom. The second-order valence-corrected chi connectivity index (χ2v) is 5.23. The Kier molecular flexibility index (Phi) is 3.76. The van der Waals surface area contributed by atoms with Crippen molar-refractivity contribution in [3.63, 3.8) is 0 Å². The predicted molar refractivity (Wildman–Crippen MR) is 60.0 cm³/mol. The first-order valence-electron chi connectivity index (χ1n) is 5.57. The molecule has 4 nitrogen and oxygen atoms in total. The number of rotatable bonds is 2. The molecule has 2 unspecified atom stereocenters. The third-order valence-corrected chi connectivity index (χ3v) is 2.95. The second-order valence-electron chi connectivity index (χ2n) is 5.23. The average molecular weight is 226 g/mol.